The van der Waals surface area contributed by atoms with Crippen molar-refractivity contribution in [1.82, 2.24) is 14.7 Å². The van der Waals surface area contributed by atoms with Crippen molar-refractivity contribution in [2.75, 3.05) is 19.6 Å². The highest BCUT2D eigenvalue weighted by molar-refractivity contribution is 5.94. The molecule has 0 aliphatic carbocycles. The van der Waals surface area contributed by atoms with Gasteiger partial charge in [0, 0.05) is 24.3 Å². The van der Waals surface area contributed by atoms with Gasteiger partial charge in [-0.3, -0.25) is 9.48 Å². The number of nitrogens with two attached hydrogens (primary N) is 1. The average Bonchev–Trinajstić information content (AvgIpc) is 3.14. The second kappa shape index (κ2) is 6.54. The van der Waals surface area contributed by atoms with Crippen molar-refractivity contribution >= 4 is 5.91 Å². The lowest BCUT2D eigenvalue weighted by Gasteiger charge is -2.16. The number of hydrogen-bond acceptors (Lipinski definition) is 3. The molecular formula is C18H24N4O. The fourth-order valence-corrected chi connectivity index (χ4v) is 3.15. The van der Waals surface area contributed by atoms with Gasteiger partial charge >= 0.3 is 0 Å². The van der Waals surface area contributed by atoms with Crippen molar-refractivity contribution in [3.8, 4) is 0 Å². The van der Waals surface area contributed by atoms with Crippen LogP contribution in [0.15, 0.2) is 30.3 Å². The van der Waals surface area contributed by atoms with Crippen molar-refractivity contribution in [3.05, 3.63) is 52.8 Å². The zero-order valence-electron chi connectivity index (χ0n) is 13.8. The van der Waals surface area contributed by atoms with E-state index in [1.165, 1.54) is 0 Å². The maximum atomic E-state index is 12.5. The molecule has 5 heteroatoms. The van der Waals surface area contributed by atoms with Gasteiger partial charge in [-0.05, 0) is 56.5 Å². The first-order valence-corrected chi connectivity index (χ1v) is 8.16. The minimum Gasteiger partial charge on any atom is -0.338 e. The van der Waals surface area contributed by atoms with Gasteiger partial charge in [-0.1, -0.05) is 12.1 Å². The van der Waals surface area contributed by atoms with Crippen molar-refractivity contribution in [3.63, 3.8) is 0 Å². The Morgan fingerprint density at radius 2 is 2.04 bits per heavy atom. The van der Waals surface area contributed by atoms with E-state index in [9.17, 15) is 4.79 Å². The molecule has 1 aliphatic heterocycles. The molecule has 0 spiro atoms. The van der Waals surface area contributed by atoms with Gasteiger partial charge in [0.15, 0.2) is 0 Å². The molecule has 0 saturated carbocycles. The Hall–Kier alpha value is -2.14. The molecule has 5 nitrogen and oxygen atoms in total. The smallest absolute Gasteiger partial charge is 0.253 e. The largest absolute Gasteiger partial charge is 0.338 e. The predicted octanol–water partition coefficient (Wildman–Crippen LogP) is 1.97. The summed E-state index contributed by atoms with van der Waals surface area (Å²) in [7, 11) is 0. The number of carbonyl (C=O) groups excluding carboxylic acids is 1. The first kappa shape index (κ1) is 15.7. The van der Waals surface area contributed by atoms with Crippen LogP contribution in [0.5, 0.6) is 0 Å². The number of rotatable bonds is 4. The molecule has 1 aromatic heterocycles. The zero-order valence-corrected chi connectivity index (χ0v) is 13.8. The van der Waals surface area contributed by atoms with E-state index in [1.807, 2.05) is 40.8 Å². The number of amides is 1. The van der Waals surface area contributed by atoms with E-state index >= 15 is 0 Å². The Kier molecular flexibility index (Phi) is 4.48. The number of nitrogens with zero attached hydrogens (tertiary/aromatic N) is 3. The van der Waals surface area contributed by atoms with Gasteiger partial charge in [-0.15, -0.1) is 0 Å². The van der Waals surface area contributed by atoms with Crippen LogP contribution in [0.4, 0.5) is 0 Å². The van der Waals surface area contributed by atoms with Crippen molar-refractivity contribution in [2.24, 2.45) is 11.7 Å². The molecule has 1 atom stereocenters. The molecule has 122 valence electrons. The van der Waals surface area contributed by atoms with Gasteiger partial charge in [-0.2, -0.15) is 5.10 Å². The molecule has 2 N–H and O–H groups in total. The van der Waals surface area contributed by atoms with Crippen LogP contribution < -0.4 is 5.73 Å². The van der Waals surface area contributed by atoms with E-state index in [0.29, 0.717) is 12.5 Å². The Morgan fingerprint density at radius 3 is 2.61 bits per heavy atom. The van der Waals surface area contributed by atoms with Gasteiger partial charge in [-0.25, -0.2) is 0 Å². The minimum atomic E-state index is 0.110. The third-order valence-electron chi connectivity index (χ3n) is 4.54. The van der Waals surface area contributed by atoms with E-state index in [2.05, 4.69) is 18.1 Å². The number of benzene rings is 1. The van der Waals surface area contributed by atoms with E-state index in [0.717, 1.165) is 48.6 Å². The highest BCUT2D eigenvalue weighted by Gasteiger charge is 2.25. The summed E-state index contributed by atoms with van der Waals surface area (Å²) >= 11 is 0. The minimum absolute atomic E-state index is 0.110. The number of aryl methyl sites for hydroxylation is 2. The topological polar surface area (TPSA) is 64.2 Å². The summed E-state index contributed by atoms with van der Waals surface area (Å²) in [6.45, 7) is 7.03. The van der Waals surface area contributed by atoms with Gasteiger partial charge in [0.05, 0.1) is 12.2 Å². The fraction of sp³-hybridized carbons (Fsp3) is 0.444. The average molecular weight is 312 g/mol. The highest BCUT2D eigenvalue weighted by atomic mass is 16.2. The van der Waals surface area contributed by atoms with Crippen molar-refractivity contribution in [2.45, 2.75) is 26.8 Å². The van der Waals surface area contributed by atoms with Crippen LogP contribution in [0.1, 0.15) is 33.7 Å². The van der Waals surface area contributed by atoms with Crippen LogP contribution in [0.3, 0.4) is 0 Å². The van der Waals surface area contributed by atoms with Gasteiger partial charge in [0.1, 0.15) is 0 Å². The number of aromatic nitrogens is 2. The summed E-state index contributed by atoms with van der Waals surface area (Å²) in [6.07, 6.45) is 1.01. The number of likely N-dealkylation sites (tertiary alicyclic amines) is 1. The SMILES string of the molecule is Cc1cc(C)n(Cc2ccc(C(=O)N3CCC(CN)C3)cc2)n1. The second-order valence-electron chi connectivity index (χ2n) is 6.42. The molecule has 2 heterocycles. The number of hydrogen-bond donors (Lipinski definition) is 1. The van der Waals surface area contributed by atoms with Gasteiger partial charge < -0.3 is 10.6 Å². The first-order chi connectivity index (χ1) is 11.1. The highest BCUT2D eigenvalue weighted by Crippen LogP contribution is 2.18. The molecule has 23 heavy (non-hydrogen) atoms. The molecule has 1 aromatic carbocycles. The molecular weight excluding hydrogens is 288 g/mol. The quantitative estimate of drug-likeness (QED) is 0.939. The lowest BCUT2D eigenvalue weighted by molar-refractivity contribution is 0.0787. The first-order valence-electron chi connectivity index (χ1n) is 8.16. The van der Waals surface area contributed by atoms with Crippen LogP contribution in [0, 0.1) is 19.8 Å². The molecule has 2 aromatic rings. The van der Waals surface area contributed by atoms with Crippen LogP contribution in [0.25, 0.3) is 0 Å². The zero-order chi connectivity index (χ0) is 16.4. The lowest BCUT2D eigenvalue weighted by Crippen LogP contribution is -2.29. The van der Waals surface area contributed by atoms with Crippen LogP contribution in [-0.2, 0) is 6.54 Å². The Bertz CT molecular complexity index is 690. The van der Waals surface area contributed by atoms with Gasteiger partial charge in [0.2, 0.25) is 0 Å². The van der Waals surface area contributed by atoms with Gasteiger partial charge in [0.25, 0.3) is 5.91 Å². The molecule has 1 unspecified atom stereocenters. The fourth-order valence-electron chi connectivity index (χ4n) is 3.15. The summed E-state index contributed by atoms with van der Waals surface area (Å²) < 4.78 is 1.98. The summed E-state index contributed by atoms with van der Waals surface area (Å²) in [4.78, 5) is 14.4. The summed E-state index contributed by atoms with van der Waals surface area (Å²) in [5, 5.41) is 4.47. The number of carbonyl (C=O) groups is 1. The van der Waals surface area contributed by atoms with Crippen LogP contribution >= 0.6 is 0 Å². The standard InChI is InChI=1S/C18H24N4O/c1-13-9-14(2)22(20-13)12-15-3-5-17(6-4-15)18(23)21-8-7-16(10-19)11-21/h3-6,9,16H,7-8,10-12,19H2,1-2H3. The Labute approximate surface area is 137 Å². The molecule has 1 saturated heterocycles. The molecule has 1 fully saturated rings. The van der Waals surface area contributed by atoms with Crippen LogP contribution in [-0.4, -0.2) is 40.2 Å². The molecule has 0 radical (unpaired) electrons. The Balaban J connectivity index is 1.67. The van der Waals surface area contributed by atoms with Crippen molar-refractivity contribution < 1.29 is 4.79 Å². The summed E-state index contributed by atoms with van der Waals surface area (Å²) in [5.41, 5.74) is 9.76. The second-order valence-corrected chi connectivity index (χ2v) is 6.42. The maximum absolute atomic E-state index is 12.5. The van der Waals surface area contributed by atoms with Crippen molar-refractivity contribution in [1.29, 1.82) is 0 Å². The molecule has 1 amide bonds. The predicted molar refractivity (Wildman–Crippen MR) is 90.3 cm³/mol. The Morgan fingerprint density at radius 1 is 1.30 bits per heavy atom. The normalized spacial score (nSPS) is 17.7. The van der Waals surface area contributed by atoms with E-state index in [4.69, 9.17) is 5.73 Å². The molecule has 1 aliphatic rings. The third kappa shape index (κ3) is 3.45. The van der Waals surface area contributed by atoms with Crippen LogP contribution in [0.2, 0.25) is 0 Å². The van der Waals surface area contributed by atoms with E-state index in [-0.39, 0.29) is 5.91 Å². The summed E-state index contributed by atoms with van der Waals surface area (Å²) in [5.74, 6) is 0.558. The summed E-state index contributed by atoms with van der Waals surface area (Å²) in [6, 6.07) is 9.93. The maximum Gasteiger partial charge on any atom is 0.253 e. The molecule has 3 rings (SSSR count). The van der Waals surface area contributed by atoms with E-state index in [1.54, 1.807) is 0 Å². The van der Waals surface area contributed by atoms with E-state index < -0.39 is 0 Å². The lowest BCUT2D eigenvalue weighted by atomic mass is 10.1. The monoisotopic (exact) mass is 312 g/mol. The third-order valence-corrected chi connectivity index (χ3v) is 4.54. The molecule has 0 bridgehead atoms.